The highest BCUT2D eigenvalue weighted by Crippen LogP contribution is 2.34. The van der Waals surface area contributed by atoms with Crippen LogP contribution in [0.25, 0.3) is 10.9 Å². The smallest absolute Gasteiger partial charge is 0.273 e. The number of carbonyl (C=O) groups excluding carboxylic acids is 1. The molecule has 1 aliphatic rings. The SMILES string of the molecule is Cn1ccc2c(Nc3ccc(F)c(C(C)(F)F)c3)ncc(C(=O)C3CCOCC3)c21.[HH]. The molecule has 0 atom stereocenters. The number of carbonyl (C=O) groups is 1. The summed E-state index contributed by atoms with van der Waals surface area (Å²) in [5.74, 6) is -3.95. The normalized spacial score (nSPS) is 15.5. The van der Waals surface area contributed by atoms with Crippen LogP contribution < -0.4 is 5.32 Å². The van der Waals surface area contributed by atoms with Crippen LogP contribution in [0, 0.1) is 11.7 Å². The first kappa shape index (κ1) is 20.4. The molecular weight excluding hydrogens is 395 g/mol. The highest BCUT2D eigenvalue weighted by atomic mass is 19.3. The maximum Gasteiger partial charge on any atom is 0.273 e. The summed E-state index contributed by atoms with van der Waals surface area (Å²) >= 11 is 0. The second-order valence-electron chi connectivity index (χ2n) is 7.67. The third-order valence-electron chi connectivity index (χ3n) is 5.47. The van der Waals surface area contributed by atoms with Crippen LogP contribution in [-0.4, -0.2) is 28.5 Å². The molecule has 0 bridgehead atoms. The van der Waals surface area contributed by atoms with Crippen LogP contribution in [0.15, 0.2) is 36.7 Å². The van der Waals surface area contributed by atoms with Crippen LogP contribution in [0.4, 0.5) is 24.7 Å². The number of benzene rings is 1. The predicted octanol–water partition coefficient (Wildman–Crippen LogP) is 5.42. The molecule has 1 fully saturated rings. The van der Waals surface area contributed by atoms with Crippen molar-refractivity contribution < 1.29 is 24.1 Å². The van der Waals surface area contributed by atoms with E-state index >= 15 is 0 Å². The lowest BCUT2D eigenvalue weighted by Gasteiger charge is -2.21. The van der Waals surface area contributed by atoms with Gasteiger partial charge in [0.25, 0.3) is 5.92 Å². The van der Waals surface area contributed by atoms with Crippen LogP contribution in [0.1, 0.15) is 37.1 Å². The van der Waals surface area contributed by atoms with Crippen molar-refractivity contribution in [3.8, 4) is 0 Å². The van der Waals surface area contributed by atoms with Crippen LogP contribution in [0.3, 0.4) is 0 Å². The second kappa shape index (κ2) is 7.75. The Morgan fingerprint density at radius 3 is 2.73 bits per heavy atom. The fourth-order valence-electron chi connectivity index (χ4n) is 3.85. The molecule has 2 aromatic heterocycles. The summed E-state index contributed by atoms with van der Waals surface area (Å²) in [4.78, 5) is 17.5. The number of ketones is 1. The van der Waals surface area contributed by atoms with E-state index in [1.54, 1.807) is 0 Å². The third kappa shape index (κ3) is 3.79. The van der Waals surface area contributed by atoms with Gasteiger partial charge >= 0.3 is 0 Å². The van der Waals surface area contributed by atoms with Gasteiger partial charge in [-0.1, -0.05) is 0 Å². The Labute approximate surface area is 173 Å². The molecule has 1 aromatic carbocycles. The van der Waals surface area contributed by atoms with Gasteiger partial charge in [-0.15, -0.1) is 0 Å². The number of aromatic nitrogens is 2. The van der Waals surface area contributed by atoms with Crippen molar-refractivity contribution in [2.75, 3.05) is 18.5 Å². The van der Waals surface area contributed by atoms with Crippen molar-refractivity contribution in [3.63, 3.8) is 0 Å². The second-order valence-corrected chi connectivity index (χ2v) is 7.67. The standard InChI is InChI=1S/C22H22F3N3O2.H2/c1-22(24,25)17-11-14(3-4-18(17)23)27-21-15-5-8-28(2)19(15)16(12-26-21)20(29)13-6-9-30-10-7-13;/h3-5,8,11-13H,6-7,9-10H2,1-2H3,(H,26,27);1H. The molecule has 0 aliphatic carbocycles. The number of rotatable bonds is 5. The number of aryl methyl sites for hydroxylation is 1. The van der Waals surface area contributed by atoms with Gasteiger partial charge in [-0.25, -0.2) is 18.2 Å². The van der Waals surface area contributed by atoms with Gasteiger partial charge in [-0.2, -0.15) is 0 Å². The first-order valence-corrected chi connectivity index (χ1v) is 9.76. The number of alkyl halides is 2. The molecule has 160 valence electrons. The lowest BCUT2D eigenvalue weighted by molar-refractivity contribution is 0.0138. The number of hydrogen-bond acceptors (Lipinski definition) is 4. The molecule has 1 saturated heterocycles. The summed E-state index contributed by atoms with van der Waals surface area (Å²) in [7, 11) is 1.83. The zero-order valence-electron chi connectivity index (χ0n) is 16.7. The molecule has 30 heavy (non-hydrogen) atoms. The van der Waals surface area contributed by atoms with Crippen molar-refractivity contribution in [1.82, 2.24) is 9.55 Å². The molecule has 0 spiro atoms. The van der Waals surface area contributed by atoms with Crippen molar-refractivity contribution in [2.24, 2.45) is 13.0 Å². The number of nitrogens with one attached hydrogen (secondary N) is 1. The number of hydrogen-bond donors (Lipinski definition) is 1. The average molecular weight is 419 g/mol. The van der Waals surface area contributed by atoms with E-state index in [9.17, 15) is 18.0 Å². The zero-order chi connectivity index (χ0) is 21.5. The third-order valence-corrected chi connectivity index (χ3v) is 5.47. The van der Waals surface area contributed by atoms with E-state index in [1.807, 2.05) is 23.9 Å². The Hall–Kier alpha value is -2.87. The van der Waals surface area contributed by atoms with Gasteiger partial charge in [0, 0.05) is 58.0 Å². The Morgan fingerprint density at radius 1 is 1.30 bits per heavy atom. The summed E-state index contributed by atoms with van der Waals surface area (Å²) in [6.45, 7) is 1.78. The van der Waals surface area contributed by atoms with Crippen LogP contribution >= 0.6 is 0 Å². The predicted molar refractivity (Wildman–Crippen MR) is 110 cm³/mol. The molecular formula is C22H24F3N3O2. The van der Waals surface area contributed by atoms with E-state index in [1.165, 1.54) is 12.3 Å². The first-order chi connectivity index (χ1) is 14.3. The van der Waals surface area contributed by atoms with Gasteiger partial charge in [0.05, 0.1) is 16.6 Å². The zero-order valence-corrected chi connectivity index (χ0v) is 16.7. The van der Waals surface area contributed by atoms with Crippen molar-refractivity contribution >= 4 is 28.2 Å². The molecule has 4 rings (SSSR count). The summed E-state index contributed by atoms with van der Waals surface area (Å²) in [6, 6.07) is 5.26. The highest BCUT2D eigenvalue weighted by Gasteiger charge is 2.29. The minimum atomic E-state index is -3.31. The molecule has 3 aromatic rings. The molecule has 1 aliphatic heterocycles. The quantitative estimate of drug-likeness (QED) is 0.561. The van der Waals surface area contributed by atoms with E-state index in [0.29, 0.717) is 55.3 Å². The van der Waals surface area contributed by atoms with Crippen molar-refractivity contribution in [1.29, 1.82) is 0 Å². The summed E-state index contributed by atoms with van der Waals surface area (Å²) in [6.07, 6.45) is 4.68. The number of ether oxygens (including phenoxy) is 1. The first-order valence-electron chi connectivity index (χ1n) is 9.76. The minimum absolute atomic E-state index is 0. The maximum atomic E-state index is 13.8. The molecule has 5 nitrogen and oxygen atoms in total. The van der Waals surface area contributed by atoms with Gasteiger partial charge < -0.3 is 14.6 Å². The van der Waals surface area contributed by atoms with E-state index in [4.69, 9.17) is 4.74 Å². The number of pyridine rings is 1. The minimum Gasteiger partial charge on any atom is -0.381 e. The summed E-state index contributed by atoms with van der Waals surface area (Å²) in [5.41, 5.74) is 0.833. The van der Waals surface area contributed by atoms with Gasteiger partial charge in [0.15, 0.2) is 5.78 Å². The molecule has 0 radical (unpaired) electrons. The number of fused-ring (bicyclic) bond motifs is 1. The van der Waals surface area contributed by atoms with Crippen molar-refractivity contribution in [2.45, 2.75) is 25.7 Å². The largest absolute Gasteiger partial charge is 0.381 e. The van der Waals surface area contributed by atoms with E-state index in [0.717, 1.165) is 12.1 Å². The molecule has 0 amide bonds. The van der Waals surface area contributed by atoms with Crippen LogP contribution in [0.5, 0.6) is 0 Å². The Kier molecular flexibility index (Phi) is 5.27. The fourth-order valence-corrected chi connectivity index (χ4v) is 3.85. The van der Waals surface area contributed by atoms with Gasteiger partial charge in [0.1, 0.15) is 11.6 Å². The molecule has 3 heterocycles. The molecule has 1 N–H and O–H groups in total. The van der Waals surface area contributed by atoms with Crippen LogP contribution in [-0.2, 0) is 17.7 Å². The number of nitrogens with zero attached hydrogens (tertiary/aromatic N) is 2. The fraction of sp³-hybridized carbons (Fsp3) is 0.364. The Bertz CT molecular complexity index is 1110. The summed E-state index contributed by atoms with van der Waals surface area (Å²) < 4.78 is 48.3. The van der Waals surface area contributed by atoms with E-state index in [-0.39, 0.29) is 18.8 Å². The molecule has 8 heteroatoms. The molecule has 0 unspecified atom stereocenters. The van der Waals surface area contributed by atoms with Crippen molar-refractivity contribution in [3.05, 3.63) is 53.6 Å². The Morgan fingerprint density at radius 2 is 2.03 bits per heavy atom. The highest BCUT2D eigenvalue weighted by molar-refractivity contribution is 6.10. The topological polar surface area (TPSA) is 56.2 Å². The molecule has 0 saturated carbocycles. The van der Waals surface area contributed by atoms with Gasteiger partial charge in [-0.05, 0) is 37.1 Å². The van der Waals surface area contributed by atoms with E-state index < -0.39 is 17.3 Å². The lowest BCUT2D eigenvalue weighted by Crippen LogP contribution is -2.24. The van der Waals surface area contributed by atoms with E-state index in [2.05, 4.69) is 10.3 Å². The summed E-state index contributed by atoms with van der Waals surface area (Å²) in [5, 5.41) is 3.67. The van der Waals surface area contributed by atoms with Crippen LogP contribution in [0.2, 0.25) is 0 Å². The average Bonchev–Trinajstić information content (AvgIpc) is 3.11. The number of halogens is 3. The maximum absolute atomic E-state index is 13.8. The lowest BCUT2D eigenvalue weighted by atomic mass is 9.91. The van der Waals surface area contributed by atoms with Gasteiger partial charge in [-0.3, -0.25) is 4.79 Å². The Balaban J connectivity index is 0.00000272. The number of anilines is 2. The number of Topliss-reactive ketones (excluding diaryl/α,β-unsaturated/α-hetero) is 1. The van der Waals surface area contributed by atoms with Gasteiger partial charge in [0.2, 0.25) is 0 Å². The monoisotopic (exact) mass is 419 g/mol.